The van der Waals surface area contributed by atoms with Crippen LogP contribution in [0.2, 0.25) is 0 Å². The molecule has 1 unspecified atom stereocenters. The molecule has 0 saturated carbocycles. The molecular weight excluding hydrogens is 331 g/mol. The molecule has 1 amide bonds. The minimum Gasteiger partial charge on any atom is -0.342 e. The SMILES string of the molecule is O=C(Cc1ccccc1F)N1CCCC(Cc2nnc3ccccn23)C1. The van der Waals surface area contributed by atoms with Crippen molar-refractivity contribution in [1.29, 1.82) is 0 Å². The summed E-state index contributed by atoms with van der Waals surface area (Å²) in [5.41, 5.74) is 1.30. The van der Waals surface area contributed by atoms with Gasteiger partial charge in [0.05, 0.1) is 6.42 Å². The van der Waals surface area contributed by atoms with E-state index in [-0.39, 0.29) is 18.1 Å². The summed E-state index contributed by atoms with van der Waals surface area (Å²) in [4.78, 5) is 14.5. The summed E-state index contributed by atoms with van der Waals surface area (Å²) in [7, 11) is 0. The first-order chi connectivity index (χ1) is 12.7. The van der Waals surface area contributed by atoms with E-state index in [2.05, 4.69) is 10.2 Å². The van der Waals surface area contributed by atoms with Crippen LogP contribution in [0.5, 0.6) is 0 Å². The summed E-state index contributed by atoms with van der Waals surface area (Å²) in [6, 6.07) is 12.3. The van der Waals surface area contributed by atoms with Gasteiger partial charge in [-0.1, -0.05) is 24.3 Å². The predicted molar refractivity (Wildman–Crippen MR) is 96.1 cm³/mol. The first-order valence-corrected chi connectivity index (χ1v) is 9.00. The van der Waals surface area contributed by atoms with E-state index in [1.54, 1.807) is 18.2 Å². The Labute approximate surface area is 151 Å². The van der Waals surface area contributed by atoms with E-state index in [0.29, 0.717) is 18.0 Å². The molecule has 5 nitrogen and oxygen atoms in total. The number of nitrogens with zero attached hydrogens (tertiary/aromatic N) is 4. The topological polar surface area (TPSA) is 50.5 Å². The summed E-state index contributed by atoms with van der Waals surface area (Å²) in [5.74, 6) is 0.949. The lowest BCUT2D eigenvalue weighted by atomic mass is 9.94. The second-order valence-electron chi connectivity index (χ2n) is 6.87. The summed E-state index contributed by atoms with van der Waals surface area (Å²) >= 11 is 0. The summed E-state index contributed by atoms with van der Waals surface area (Å²) < 4.78 is 15.8. The van der Waals surface area contributed by atoms with Crippen LogP contribution in [-0.4, -0.2) is 38.5 Å². The molecule has 1 aromatic carbocycles. The fourth-order valence-corrected chi connectivity index (χ4v) is 3.66. The van der Waals surface area contributed by atoms with Crippen molar-refractivity contribution in [2.24, 2.45) is 5.92 Å². The van der Waals surface area contributed by atoms with Crippen LogP contribution in [0.3, 0.4) is 0 Å². The molecule has 4 rings (SSSR count). The van der Waals surface area contributed by atoms with Crippen molar-refractivity contribution in [3.8, 4) is 0 Å². The van der Waals surface area contributed by atoms with Gasteiger partial charge in [-0.25, -0.2) is 4.39 Å². The number of hydrogen-bond acceptors (Lipinski definition) is 3. The average Bonchev–Trinajstić information content (AvgIpc) is 3.07. The van der Waals surface area contributed by atoms with Gasteiger partial charge in [0.25, 0.3) is 0 Å². The Kier molecular flexibility index (Phi) is 4.65. The molecule has 6 heteroatoms. The van der Waals surface area contributed by atoms with Crippen LogP contribution in [0.25, 0.3) is 5.65 Å². The zero-order valence-electron chi connectivity index (χ0n) is 14.5. The molecule has 3 heterocycles. The van der Waals surface area contributed by atoms with Crippen molar-refractivity contribution in [3.05, 3.63) is 65.9 Å². The number of hydrogen-bond donors (Lipinski definition) is 0. The first-order valence-electron chi connectivity index (χ1n) is 9.00. The fraction of sp³-hybridized carbons (Fsp3) is 0.350. The van der Waals surface area contributed by atoms with E-state index in [9.17, 15) is 9.18 Å². The molecule has 0 radical (unpaired) electrons. The summed E-state index contributed by atoms with van der Waals surface area (Å²) in [6.45, 7) is 1.43. The van der Waals surface area contributed by atoms with E-state index in [0.717, 1.165) is 37.3 Å². The molecule has 0 aliphatic carbocycles. The number of benzene rings is 1. The monoisotopic (exact) mass is 352 g/mol. The van der Waals surface area contributed by atoms with Gasteiger partial charge in [-0.2, -0.15) is 0 Å². The lowest BCUT2D eigenvalue weighted by molar-refractivity contribution is -0.132. The van der Waals surface area contributed by atoms with E-state index in [1.807, 2.05) is 33.7 Å². The fourth-order valence-electron chi connectivity index (χ4n) is 3.66. The van der Waals surface area contributed by atoms with E-state index in [4.69, 9.17) is 0 Å². The molecular formula is C20H21FN4O. The Morgan fingerprint density at radius 2 is 2.00 bits per heavy atom. The molecule has 0 bridgehead atoms. The second-order valence-corrected chi connectivity index (χ2v) is 6.87. The number of pyridine rings is 1. The largest absolute Gasteiger partial charge is 0.342 e. The third-order valence-electron chi connectivity index (χ3n) is 5.03. The van der Waals surface area contributed by atoms with Crippen LogP contribution in [0.15, 0.2) is 48.7 Å². The van der Waals surface area contributed by atoms with E-state index < -0.39 is 0 Å². The predicted octanol–water partition coefficient (Wildman–Crippen LogP) is 2.89. The molecule has 1 aliphatic rings. The van der Waals surface area contributed by atoms with Crippen LogP contribution in [0, 0.1) is 11.7 Å². The molecule has 1 atom stereocenters. The zero-order valence-corrected chi connectivity index (χ0v) is 14.5. The lowest BCUT2D eigenvalue weighted by Gasteiger charge is -2.32. The summed E-state index contributed by atoms with van der Waals surface area (Å²) in [6.07, 6.45) is 4.89. The lowest BCUT2D eigenvalue weighted by Crippen LogP contribution is -2.41. The highest BCUT2D eigenvalue weighted by Gasteiger charge is 2.25. The number of rotatable bonds is 4. The molecule has 0 spiro atoms. The second kappa shape index (κ2) is 7.23. The maximum absolute atomic E-state index is 13.8. The van der Waals surface area contributed by atoms with Gasteiger partial charge in [0.15, 0.2) is 5.65 Å². The standard InChI is InChI=1S/C20H21FN4O/c21-17-8-2-1-7-16(17)13-20(26)24-10-5-6-15(14-24)12-19-23-22-18-9-3-4-11-25(18)19/h1-4,7-9,11,15H,5-6,10,12-14H2. The van der Waals surface area contributed by atoms with Crippen molar-refractivity contribution in [2.75, 3.05) is 13.1 Å². The molecule has 0 N–H and O–H groups in total. The number of amides is 1. The quantitative estimate of drug-likeness (QED) is 0.725. The van der Waals surface area contributed by atoms with Crippen molar-refractivity contribution in [3.63, 3.8) is 0 Å². The minimum absolute atomic E-state index is 0.00842. The van der Waals surface area contributed by atoms with Crippen molar-refractivity contribution >= 4 is 11.6 Å². The average molecular weight is 352 g/mol. The molecule has 134 valence electrons. The van der Waals surface area contributed by atoms with Crippen LogP contribution < -0.4 is 0 Å². The molecule has 1 fully saturated rings. The van der Waals surface area contributed by atoms with Gasteiger partial charge in [-0.15, -0.1) is 10.2 Å². The molecule has 1 saturated heterocycles. The number of piperidine rings is 1. The van der Waals surface area contributed by atoms with Crippen LogP contribution in [-0.2, 0) is 17.6 Å². The van der Waals surface area contributed by atoms with Crippen molar-refractivity contribution in [1.82, 2.24) is 19.5 Å². The van der Waals surface area contributed by atoms with Gasteiger partial charge in [-0.3, -0.25) is 9.20 Å². The van der Waals surface area contributed by atoms with Gasteiger partial charge in [-0.05, 0) is 42.5 Å². The Morgan fingerprint density at radius 3 is 2.88 bits per heavy atom. The third kappa shape index (κ3) is 3.45. The van der Waals surface area contributed by atoms with Gasteiger partial charge < -0.3 is 4.90 Å². The van der Waals surface area contributed by atoms with E-state index >= 15 is 0 Å². The highest BCUT2D eigenvalue weighted by molar-refractivity contribution is 5.79. The Morgan fingerprint density at radius 1 is 1.15 bits per heavy atom. The summed E-state index contributed by atoms with van der Waals surface area (Å²) in [5, 5.41) is 8.49. The molecule has 2 aromatic heterocycles. The maximum atomic E-state index is 13.8. The number of carbonyl (C=O) groups excluding carboxylic acids is 1. The normalized spacial score (nSPS) is 17.6. The highest BCUT2D eigenvalue weighted by atomic mass is 19.1. The van der Waals surface area contributed by atoms with Crippen LogP contribution in [0.4, 0.5) is 4.39 Å². The Bertz CT molecular complexity index is 923. The van der Waals surface area contributed by atoms with Crippen molar-refractivity contribution < 1.29 is 9.18 Å². The van der Waals surface area contributed by atoms with Gasteiger partial charge in [0.1, 0.15) is 11.6 Å². The molecule has 1 aliphatic heterocycles. The number of halogens is 1. The van der Waals surface area contributed by atoms with E-state index in [1.165, 1.54) is 6.07 Å². The van der Waals surface area contributed by atoms with Crippen molar-refractivity contribution in [2.45, 2.75) is 25.7 Å². The number of aromatic nitrogens is 3. The Balaban J connectivity index is 1.42. The maximum Gasteiger partial charge on any atom is 0.227 e. The smallest absolute Gasteiger partial charge is 0.227 e. The molecule has 3 aromatic rings. The zero-order chi connectivity index (χ0) is 17.9. The van der Waals surface area contributed by atoms with Gasteiger partial charge in [0.2, 0.25) is 5.91 Å². The molecule has 26 heavy (non-hydrogen) atoms. The number of carbonyl (C=O) groups is 1. The van der Waals surface area contributed by atoms with Crippen LogP contribution >= 0.6 is 0 Å². The minimum atomic E-state index is -0.315. The number of likely N-dealkylation sites (tertiary alicyclic amines) is 1. The first kappa shape index (κ1) is 16.7. The van der Waals surface area contributed by atoms with Gasteiger partial charge >= 0.3 is 0 Å². The highest BCUT2D eigenvalue weighted by Crippen LogP contribution is 2.21. The number of fused-ring (bicyclic) bond motifs is 1. The van der Waals surface area contributed by atoms with Gasteiger partial charge in [0, 0.05) is 25.7 Å². The van der Waals surface area contributed by atoms with Crippen LogP contribution in [0.1, 0.15) is 24.2 Å². The Hall–Kier alpha value is -2.76. The third-order valence-corrected chi connectivity index (χ3v) is 5.03.